The standard InChI is InChI=1S/C31H25F7N4O2/c1-39-30(44)21-10-17(4-5-24(21)34)20-3-2-6-40-28(20)25(9-16-7-18(32)11-19(33)8-16)41-27(43)15-42-14-23(29(35)36)22-12-31(37,38)13-26(22)42/h2-8,10-11,14,25,29H,9,12-13,15H2,1H3,(H,39,44)(H,41,43)/t25-/m0/s1. The number of alkyl halides is 4. The summed E-state index contributed by atoms with van der Waals surface area (Å²) < 4.78 is 99.1. The number of carbonyl (C=O) groups is 2. The van der Waals surface area contributed by atoms with E-state index in [0.29, 0.717) is 17.2 Å². The molecule has 2 aromatic carbocycles. The summed E-state index contributed by atoms with van der Waals surface area (Å²) in [5, 5.41) is 5.04. The van der Waals surface area contributed by atoms with Crippen LogP contribution in [0.3, 0.4) is 0 Å². The minimum Gasteiger partial charge on any atom is -0.355 e. The molecule has 0 aliphatic heterocycles. The van der Waals surface area contributed by atoms with Crippen LogP contribution in [0.25, 0.3) is 11.1 Å². The molecule has 4 aromatic rings. The van der Waals surface area contributed by atoms with Crippen molar-refractivity contribution < 1.29 is 40.3 Å². The van der Waals surface area contributed by atoms with E-state index in [2.05, 4.69) is 15.6 Å². The van der Waals surface area contributed by atoms with Gasteiger partial charge in [-0.1, -0.05) is 12.1 Å². The normalized spacial score (nSPS) is 14.4. The molecule has 0 bridgehead atoms. The van der Waals surface area contributed by atoms with Crippen LogP contribution >= 0.6 is 0 Å². The topological polar surface area (TPSA) is 76.0 Å². The quantitative estimate of drug-likeness (QED) is 0.223. The van der Waals surface area contributed by atoms with Gasteiger partial charge in [-0.3, -0.25) is 14.6 Å². The number of carbonyl (C=O) groups excluding carboxylic acids is 2. The number of pyridine rings is 1. The van der Waals surface area contributed by atoms with Crippen molar-refractivity contribution in [1.29, 1.82) is 0 Å². The Balaban J connectivity index is 1.52. The van der Waals surface area contributed by atoms with Gasteiger partial charge in [0, 0.05) is 48.7 Å². The zero-order valence-electron chi connectivity index (χ0n) is 23.1. The molecule has 2 aromatic heterocycles. The molecule has 0 fully saturated rings. The smallest absolute Gasteiger partial charge is 0.265 e. The van der Waals surface area contributed by atoms with Crippen LogP contribution < -0.4 is 10.6 Å². The third-order valence-corrected chi connectivity index (χ3v) is 7.36. The Bertz CT molecular complexity index is 1720. The van der Waals surface area contributed by atoms with Gasteiger partial charge in [0.25, 0.3) is 18.3 Å². The van der Waals surface area contributed by atoms with Crippen molar-refractivity contribution in [3.05, 3.63) is 112 Å². The minimum atomic E-state index is -3.23. The molecule has 6 nitrogen and oxygen atoms in total. The van der Waals surface area contributed by atoms with Crippen molar-refractivity contribution in [2.75, 3.05) is 7.05 Å². The molecule has 1 aliphatic rings. The van der Waals surface area contributed by atoms with E-state index in [0.717, 1.165) is 29.0 Å². The number of nitrogens with zero attached hydrogens (tertiary/aromatic N) is 2. The Morgan fingerprint density at radius 3 is 2.43 bits per heavy atom. The van der Waals surface area contributed by atoms with E-state index in [-0.39, 0.29) is 34.5 Å². The summed E-state index contributed by atoms with van der Waals surface area (Å²) in [5.74, 6) is -7.23. The summed E-state index contributed by atoms with van der Waals surface area (Å²) >= 11 is 0. The highest BCUT2D eigenvalue weighted by molar-refractivity contribution is 5.95. The first-order chi connectivity index (χ1) is 20.8. The number of halogens is 7. The Morgan fingerprint density at radius 1 is 1.02 bits per heavy atom. The first kappa shape index (κ1) is 30.8. The number of amides is 2. The van der Waals surface area contributed by atoms with Gasteiger partial charge >= 0.3 is 0 Å². The molecule has 0 unspecified atom stereocenters. The lowest BCUT2D eigenvalue weighted by Gasteiger charge is -2.22. The molecule has 5 rings (SSSR count). The second kappa shape index (κ2) is 12.1. The number of aromatic nitrogens is 2. The molecule has 1 aliphatic carbocycles. The highest BCUT2D eigenvalue weighted by atomic mass is 19.3. The van der Waals surface area contributed by atoms with Gasteiger partial charge in [-0.05, 0) is 53.4 Å². The highest BCUT2D eigenvalue weighted by Gasteiger charge is 2.42. The van der Waals surface area contributed by atoms with E-state index in [1.807, 2.05) is 0 Å². The third kappa shape index (κ3) is 6.46. The monoisotopic (exact) mass is 618 g/mol. The molecule has 0 saturated carbocycles. The molecule has 0 saturated heterocycles. The van der Waals surface area contributed by atoms with Crippen molar-refractivity contribution in [3.8, 4) is 11.1 Å². The van der Waals surface area contributed by atoms with Crippen LogP contribution in [0.2, 0.25) is 0 Å². The molecule has 1 atom stereocenters. The molecule has 13 heteroatoms. The van der Waals surface area contributed by atoms with E-state index < -0.39 is 72.6 Å². The predicted molar refractivity (Wildman–Crippen MR) is 146 cm³/mol. The van der Waals surface area contributed by atoms with Crippen molar-refractivity contribution in [3.63, 3.8) is 0 Å². The van der Waals surface area contributed by atoms with Crippen LogP contribution in [-0.4, -0.2) is 34.3 Å². The lowest BCUT2D eigenvalue weighted by molar-refractivity contribution is -0.122. The first-order valence-electron chi connectivity index (χ1n) is 13.4. The second-order valence-electron chi connectivity index (χ2n) is 10.5. The molecule has 0 radical (unpaired) electrons. The molecule has 2 N–H and O–H groups in total. The molecular formula is C31H25F7N4O2. The SMILES string of the molecule is CNC(=O)c1cc(-c2cccnc2[C@H](Cc2cc(F)cc(F)c2)NC(=O)Cn2cc(C(F)F)c3c2CC(F)(F)C3)ccc1F. The van der Waals surface area contributed by atoms with Gasteiger partial charge in [-0.2, -0.15) is 0 Å². The fourth-order valence-electron chi connectivity index (χ4n) is 5.49. The van der Waals surface area contributed by atoms with Crippen LogP contribution in [0, 0.1) is 17.5 Å². The predicted octanol–water partition coefficient (Wildman–Crippen LogP) is 6.10. The fraction of sp³-hybridized carbons (Fsp3) is 0.258. The van der Waals surface area contributed by atoms with Gasteiger partial charge in [-0.25, -0.2) is 30.7 Å². The number of fused-ring (bicyclic) bond motifs is 1. The van der Waals surface area contributed by atoms with Crippen molar-refractivity contribution >= 4 is 11.8 Å². The number of nitrogens with one attached hydrogen (secondary N) is 2. The zero-order chi connectivity index (χ0) is 31.8. The van der Waals surface area contributed by atoms with Crippen LogP contribution in [-0.2, 0) is 30.6 Å². The molecule has 2 amide bonds. The van der Waals surface area contributed by atoms with E-state index >= 15 is 0 Å². The Morgan fingerprint density at radius 2 is 1.75 bits per heavy atom. The Kier molecular flexibility index (Phi) is 8.49. The number of rotatable bonds is 9. The summed E-state index contributed by atoms with van der Waals surface area (Å²) in [5.41, 5.74) is -0.108. The largest absolute Gasteiger partial charge is 0.355 e. The van der Waals surface area contributed by atoms with E-state index in [1.54, 1.807) is 12.1 Å². The van der Waals surface area contributed by atoms with E-state index in [1.165, 1.54) is 25.4 Å². The summed E-state index contributed by atoms with van der Waals surface area (Å²) in [6.45, 7) is -0.599. The molecule has 44 heavy (non-hydrogen) atoms. The third-order valence-electron chi connectivity index (χ3n) is 7.36. The summed E-state index contributed by atoms with van der Waals surface area (Å²) in [4.78, 5) is 30.0. The van der Waals surface area contributed by atoms with Crippen molar-refractivity contribution in [2.45, 2.75) is 44.2 Å². The number of hydrogen-bond acceptors (Lipinski definition) is 3. The zero-order valence-corrected chi connectivity index (χ0v) is 23.1. The van der Waals surface area contributed by atoms with Gasteiger partial charge in [-0.15, -0.1) is 0 Å². The maximum Gasteiger partial charge on any atom is 0.265 e. The van der Waals surface area contributed by atoms with Gasteiger partial charge in [0.1, 0.15) is 24.0 Å². The first-order valence-corrected chi connectivity index (χ1v) is 13.4. The summed E-state index contributed by atoms with van der Waals surface area (Å²) in [7, 11) is 1.33. The highest BCUT2D eigenvalue weighted by Crippen LogP contribution is 2.40. The van der Waals surface area contributed by atoms with Gasteiger partial charge < -0.3 is 15.2 Å². The van der Waals surface area contributed by atoms with Gasteiger partial charge in [0.15, 0.2) is 0 Å². The van der Waals surface area contributed by atoms with Crippen LogP contribution in [0.15, 0.2) is 60.9 Å². The fourth-order valence-corrected chi connectivity index (χ4v) is 5.49. The van der Waals surface area contributed by atoms with E-state index in [9.17, 15) is 40.3 Å². The van der Waals surface area contributed by atoms with Crippen LogP contribution in [0.1, 0.15) is 50.9 Å². The van der Waals surface area contributed by atoms with Gasteiger partial charge in [0.2, 0.25) is 5.91 Å². The molecule has 230 valence electrons. The van der Waals surface area contributed by atoms with Crippen LogP contribution in [0.4, 0.5) is 30.7 Å². The number of hydrogen-bond donors (Lipinski definition) is 2. The second-order valence-corrected chi connectivity index (χ2v) is 10.5. The Hall–Kier alpha value is -4.68. The van der Waals surface area contributed by atoms with Crippen molar-refractivity contribution in [1.82, 2.24) is 20.2 Å². The molecule has 0 spiro atoms. The lowest BCUT2D eigenvalue weighted by atomic mass is 9.94. The average Bonchev–Trinajstić information content (AvgIpc) is 3.45. The summed E-state index contributed by atoms with van der Waals surface area (Å²) in [6, 6.07) is 8.59. The maximum atomic E-state index is 14.4. The molecular weight excluding hydrogens is 593 g/mol. The van der Waals surface area contributed by atoms with Crippen molar-refractivity contribution in [2.24, 2.45) is 0 Å². The Labute approximate surface area is 246 Å². The van der Waals surface area contributed by atoms with Gasteiger partial charge in [0.05, 0.1) is 23.7 Å². The summed E-state index contributed by atoms with van der Waals surface area (Å²) in [6.07, 6.45) is -2.52. The lowest BCUT2D eigenvalue weighted by Crippen LogP contribution is -2.34. The maximum absolute atomic E-state index is 14.4. The number of benzene rings is 2. The minimum absolute atomic E-state index is 0.0734. The average molecular weight is 619 g/mol. The van der Waals surface area contributed by atoms with Crippen LogP contribution in [0.5, 0.6) is 0 Å². The van der Waals surface area contributed by atoms with E-state index in [4.69, 9.17) is 0 Å². The molecule has 2 heterocycles.